The highest BCUT2D eigenvalue weighted by molar-refractivity contribution is 7.18. The molecule has 0 aliphatic rings. The van der Waals surface area contributed by atoms with Crippen molar-refractivity contribution in [2.24, 2.45) is 0 Å². The molecule has 0 fully saturated rings. The first-order valence-electron chi connectivity index (χ1n) is 4.30. The fourth-order valence-corrected chi connectivity index (χ4v) is 2.48. The minimum Gasteiger partial charge on any atom is -0.240 e. The number of hydrogen-bond donors (Lipinski definition) is 0. The summed E-state index contributed by atoms with van der Waals surface area (Å²) < 4.78 is 0. The van der Waals surface area contributed by atoms with Crippen molar-refractivity contribution in [3.05, 3.63) is 22.5 Å². The highest BCUT2D eigenvalue weighted by Gasteiger charge is 2.10. The molecule has 0 amide bonds. The van der Waals surface area contributed by atoms with E-state index in [1.165, 1.54) is 16.8 Å². The molecule has 14 heavy (non-hydrogen) atoms. The molecule has 70 valence electrons. The molecule has 4 heteroatoms. The molecule has 2 heterocycles. The zero-order chi connectivity index (χ0) is 10.1. The van der Waals surface area contributed by atoms with Crippen molar-refractivity contribution in [1.29, 1.82) is 5.26 Å². The lowest BCUT2D eigenvalue weighted by Gasteiger charge is -1.97. The maximum Gasteiger partial charge on any atom is 0.127 e. The standard InChI is InChI=1S/C10H9N3S/c1-6-7(2)14-10-9(6)8(3-4-11)12-5-13-10/h5H,3H2,1-2H3. The van der Waals surface area contributed by atoms with Crippen LogP contribution in [0.2, 0.25) is 0 Å². The second-order valence-electron chi connectivity index (χ2n) is 3.12. The Hall–Kier alpha value is -1.47. The number of aryl methyl sites for hydroxylation is 2. The summed E-state index contributed by atoms with van der Waals surface area (Å²) in [4.78, 5) is 10.6. The third-order valence-electron chi connectivity index (χ3n) is 2.29. The molecular weight excluding hydrogens is 194 g/mol. The van der Waals surface area contributed by atoms with Crippen molar-refractivity contribution in [1.82, 2.24) is 9.97 Å². The van der Waals surface area contributed by atoms with E-state index in [9.17, 15) is 0 Å². The van der Waals surface area contributed by atoms with Gasteiger partial charge in [-0.1, -0.05) is 0 Å². The SMILES string of the molecule is Cc1sc2ncnc(CC#N)c2c1C. The molecule has 2 rings (SSSR count). The average molecular weight is 203 g/mol. The third-order valence-corrected chi connectivity index (χ3v) is 3.41. The second kappa shape index (κ2) is 3.35. The van der Waals surface area contributed by atoms with E-state index >= 15 is 0 Å². The van der Waals surface area contributed by atoms with Gasteiger partial charge in [0.2, 0.25) is 0 Å². The predicted molar refractivity (Wildman–Crippen MR) is 56.2 cm³/mol. The van der Waals surface area contributed by atoms with Gasteiger partial charge in [-0.3, -0.25) is 0 Å². The highest BCUT2D eigenvalue weighted by atomic mass is 32.1. The van der Waals surface area contributed by atoms with E-state index in [1.807, 2.05) is 0 Å². The lowest BCUT2D eigenvalue weighted by atomic mass is 10.1. The Labute approximate surface area is 86.0 Å². The second-order valence-corrected chi connectivity index (χ2v) is 4.32. The van der Waals surface area contributed by atoms with E-state index in [-0.39, 0.29) is 0 Å². The normalized spacial score (nSPS) is 10.4. The van der Waals surface area contributed by atoms with E-state index in [0.29, 0.717) is 6.42 Å². The Balaban J connectivity index is 2.79. The van der Waals surface area contributed by atoms with Gasteiger partial charge in [0.05, 0.1) is 18.2 Å². The van der Waals surface area contributed by atoms with E-state index in [0.717, 1.165) is 15.9 Å². The molecule has 0 saturated carbocycles. The Kier molecular flexibility index (Phi) is 2.18. The Morgan fingerprint density at radius 2 is 2.21 bits per heavy atom. The fourth-order valence-electron chi connectivity index (χ4n) is 1.46. The maximum atomic E-state index is 8.67. The predicted octanol–water partition coefficient (Wildman–Crippen LogP) is 2.37. The molecule has 0 unspecified atom stereocenters. The van der Waals surface area contributed by atoms with Crippen molar-refractivity contribution >= 4 is 21.6 Å². The van der Waals surface area contributed by atoms with Gasteiger partial charge in [-0.15, -0.1) is 11.3 Å². The molecule has 0 aliphatic heterocycles. The van der Waals surface area contributed by atoms with Crippen LogP contribution >= 0.6 is 11.3 Å². The number of thiophene rings is 1. The number of hydrogen-bond acceptors (Lipinski definition) is 4. The topological polar surface area (TPSA) is 49.6 Å². The molecule has 0 radical (unpaired) electrons. The Bertz CT molecular complexity index is 522. The summed E-state index contributed by atoms with van der Waals surface area (Å²) in [5, 5.41) is 9.74. The number of nitriles is 1. The summed E-state index contributed by atoms with van der Waals surface area (Å²) in [7, 11) is 0. The van der Waals surface area contributed by atoms with Gasteiger partial charge in [0, 0.05) is 10.3 Å². The quantitative estimate of drug-likeness (QED) is 0.715. The first-order valence-corrected chi connectivity index (χ1v) is 5.12. The van der Waals surface area contributed by atoms with E-state index < -0.39 is 0 Å². The zero-order valence-electron chi connectivity index (χ0n) is 8.03. The summed E-state index contributed by atoms with van der Waals surface area (Å²) >= 11 is 1.66. The molecule has 3 nitrogen and oxygen atoms in total. The van der Waals surface area contributed by atoms with Crippen LogP contribution in [0, 0.1) is 25.2 Å². The monoisotopic (exact) mass is 203 g/mol. The van der Waals surface area contributed by atoms with Crippen LogP contribution < -0.4 is 0 Å². The van der Waals surface area contributed by atoms with Gasteiger partial charge in [-0.2, -0.15) is 5.26 Å². The van der Waals surface area contributed by atoms with Crippen molar-refractivity contribution in [2.75, 3.05) is 0 Å². The van der Waals surface area contributed by atoms with Crippen molar-refractivity contribution in [3.63, 3.8) is 0 Å². The molecule has 0 aromatic carbocycles. The first-order chi connectivity index (χ1) is 6.74. The fraction of sp³-hybridized carbons (Fsp3) is 0.300. The van der Waals surface area contributed by atoms with Crippen LogP contribution in [0.4, 0.5) is 0 Å². The van der Waals surface area contributed by atoms with Crippen LogP contribution in [0.3, 0.4) is 0 Å². The summed E-state index contributed by atoms with van der Waals surface area (Å²) in [5.41, 5.74) is 2.05. The smallest absolute Gasteiger partial charge is 0.127 e. The van der Waals surface area contributed by atoms with Gasteiger partial charge >= 0.3 is 0 Å². The molecule has 0 spiro atoms. The van der Waals surface area contributed by atoms with Gasteiger partial charge in [0.15, 0.2) is 0 Å². The number of fused-ring (bicyclic) bond motifs is 1. The van der Waals surface area contributed by atoms with Crippen LogP contribution in [0.25, 0.3) is 10.2 Å². The molecule has 0 saturated heterocycles. The minimum absolute atomic E-state index is 0.357. The van der Waals surface area contributed by atoms with E-state index in [1.54, 1.807) is 11.3 Å². The van der Waals surface area contributed by atoms with Crippen LogP contribution in [0.5, 0.6) is 0 Å². The Morgan fingerprint density at radius 3 is 2.93 bits per heavy atom. The summed E-state index contributed by atoms with van der Waals surface area (Å²) in [6.07, 6.45) is 1.89. The van der Waals surface area contributed by atoms with Crippen molar-refractivity contribution < 1.29 is 0 Å². The largest absolute Gasteiger partial charge is 0.240 e. The highest BCUT2D eigenvalue weighted by Crippen LogP contribution is 2.29. The lowest BCUT2D eigenvalue weighted by molar-refractivity contribution is 1.10. The van der Waals surface area contributed by atoms with E-state index in [4.69, 9.17) is 5.26 Å². The van der Waals surface area contributed by atoms with Gasteiger partial charge < -0.3 is 0 Å². The minimum atomic E-state index is 0.357. The average Bonchev–Trinajstić information content (AvgIpc) is 2.45. The van der Waals surface area contributed by atoms with Gasteiger partial charge in [-0.05, 0) is 19.4 Å². The Morgan fingerprint density at radius 1 is 1.43 bits per heavy atom. The molecule has 0 atom stereocenters. The van der Waals surface area contributed by atoms with Gasteiger partial charge in [0.1, 0.15) is 11.2 Å². The number of aromatic nitrogens is 2. The first kappa shape index (κ1) is 9.10. The molecule has 0 aliphatic carbocycles. The number of nitrogens with zero attached hydrogens (tertiary/aromatic N) is 3. The summed E-state index contributed by atoms with van der Waals surface area (Å²) in [6, 6.07) is 2.13. The lowest BCUT2D eigenvalue weighted by Crippen LogP contribution is -1.90. The van der Waals surface area contributed by atoms with Crippen molar-refractivity contribution in [2.45, 2.75) is 20.3 Å². The number of rotatable bonds is 1. The summed E-state index contributed by atoms with van der Waals surface area (Å²) in [6.45, 7) is 4.12. The molecule has 2 aromatic rings. The van der Waals surface area contributed by atoms with Crippen LogP contribution in [0.15, 0.2) is 6.33 Å². The van der Waals surface area contributed by atoms with Crippen LogP contribution in [0.1, 0.15) is 16.1 Å². The van der Waals surface area contributed by atoms with Crippen molar-refractivity contribution in [3.8, 4) is 6.07 Å². The molecule has 0 N–H and O–H groups in total. The van der Waals surface area contributed by atoms with Gasteiger partial charge in [0.25, 0.3) is 0 Å². The summed E-state index contributed by atoms with van der Waals surface area (Å²) in [5.74, 6) is 0. The molecule has 2 aromatic heterocycles. The maximum absolute atomic E-state index is 8.67. The van der Waals surface area contributed by atoms with E-state index in [2.05, 4.69) is 29.9 Å². The van der Waals surface area contributed by atoms with Crippen LogP contribution in [-0.4, -0.2) is 9.97 Å². The third kappa shape index (κ3) is 1.26. The zero-order valence-corrected chi connectivity index (χ0v) is 8.85. The van der Waals surface area contributed by atoms with Gasteiger partial charge in [-0.25, -0.2) is 9.97 Å². The van der Waals surface area contributed by atoms with Crippen LogP contribution in [-0.2, 0) is 6.42 Å². The molecule has 0 bridgehead atoms. The molecular formula is C10H9N3S.